The lowest BCUT2D eigenvalue weighted by Gasteiger charge is -2.31. The summed E-state index contributed by atoms with van der Waals surface area (Å²) >= 11 is 0. The minimum Gasteiger partial charge on any atom is -0.480 e. The number of ether oxygens (including phenoxy) is 2. The number of esters is 1. The number of hydrogen-bond acceptors (Lipinski definition) is 16. The van der Waals surface area contributed by atoms with Gasteiger partial charge in [0.05, 0.1) is 74.1 Å². The van der Waals surface area contributed by atoms with Gasteiger partial charge < -0.3 is 54.9 Å². The molecule has 76 heavy (non-hydrogen) atoms. The molecule has 8 N–H and O–H groups in total. The highest BCUT2D eigenvalue weighted by Gasteiger charge is 2.46. The Hall–Kier alpha value is -6.38. The lowest BCUT2D eigenvalue weighted by Crippen LogP contribution is -2.47. The van der Waals surface area contributed by atoms with Crippen molar-refractivity contribution in [2.24, 2.45) is 0 Å². The Morgan fingerprint density at radius 2 is 1.75 bits per heavy atom. The molecule has 26 heteroatoms. The molecular formula is C50H60FN7O16P2. The highest BCUT2D eigenvalue weighted by Crippen LogP contribution is 2.48. The SMILES string of the molecule is C#CP(=O)(Nc1ccc(C(=O)NCCCCCOP(=O)(NC(C)C(=O)NC(C)C(=O)O)OCC(=O)N[C@H]2CCc3c(C)c(F)cc4nc5c(c2c34)Cn2c-5cc3c(c2=O)COC(=O)[C@]3(O)CC)cc1)OCCOCCO. The van der Waals surface area contributed by atoms with E-state index in [9.17, 15) is 48.1 Å². The summed E-state index contributed by atoms with van der Waals surface area (Å²) in [6, 6.07) is 5.40. The normalized spacial score (nSPS) is 18.6. The molecule has 0 saturated heterocycles. The van der Waals surface area contributed by atoms with E-state index in [2.05, 4.69) is 31.8 Å². The number of carbonyl (C=O) groups excluding carboxylic acids is 4. The van der Waals surface area contributed by atoms with Crippen LogP contribution in [0.25, 0.3) is 22.3 Å². The van der Waals surface area contributed by atoms with E-state index in [1.54, 1.807) is 13.8 Å². The number of carboxylic acids is 1. The summed E-state index contributed by atoms with van der Waals surface area (Å²) in [5, 5.41) is 43.3. The van der Waals surface area contributed by atoms with E-state index in [-0.39, 0.29) is 94.3 Å². The third-order valence-corrected chi connectivity index (χ3v) is 16.4. The predicted octanol–water partition coefficient (Wildman–Crippen LogP) is 4.16. The molecule has 0 fully saturated rings. The molecule has 3 amide bonds. The maximum atomic E-state index is 15.5. The van der Waals surface area contributed by atoms with Crippen molar-refractivity contribution >= 4 is 61.5 Å². The summed E-state index contributed by atoms with van der Waals surface area (Å²) in [5.74, 6) is -4.74. The molecule has 4 unspecified atom stereocenters. The van der Waals surface area contributed by atoms with Gasteiger partial charge in [-0.05, 0) is 106 Å². The number of aromatic nitrogens is 2. The fourth-order valence-electron chi connectivity index (χ4n) is 9.14. The number of cyclic esters (lactones) is 1. The second-order valence-corrected chi connectivity index (χ2v) is 22.0. The number of benzene rings is 2. The number of halogens is 1. The molecule has 0 bridgehead atoms. The zero-order chi connectivity index (χ0) is 55.1. The van der Waals surface area contributed by atoms with Crippen molar-refractivity contribution in [3.05, 3.63) is 91.5 Å². The van der Waals surface area contributed by atoms with Crippen LogP contribution in [0.1, 0.15) is 103 Å². The van der Waals surface area contributed by atoms with Gasteiger partial charge in [0.1, 0.15) is 25.1 Å². The summed E-state index contributed by atoms with van der Waals surface area (Å²) in [6.07, 6.45) is 7.11. The van der Waals surface area contributed by atoms with Gasteiger partial charge in [-0.3, -0.25) is 37.6 Å². The van der Waals surface area contributed by atoms with Crippen molar-refractivity contribution in [1.29, 1.82) is 0 Å². The maximum absolute atomic E-state index is 15.5. The molecule has 3 aliphatic rings. The van der Waals surface area contributed by atoms with E-state index >= 15 is 4.39 Å². The summed E-state index contributed by atoms with van der Waals surface area (Å²) < 4.78 is 71.1. The molecule has 2 aromatic carbocycles. The summed E-state index contributed by atoms with van der Waals surface area (Å²) in [6.45, 7) is 4.47. The van der Waals surface area contributed by atoms with Crippen LogP contribution in [0.4, 0.5) is 10.1 Å². The van der Waals surface area contributed by atoms with Gasteiger partial charge in [0.25, 0.3) is 11.5 Å². The van der Waals surface area contributed by atoms with E-state index < -0.39 is 86.6 Å². The maximum Gasteiger partial charge on any atom is 0.406 e. The first-order chi connectivity index (χ1) is 36.2. The van der Waals surface area contributed by atoms with Gasteiger partial charge in [-0.25, -0.2) is 23.8 Å². The van der Waals surface area contributed by atoms with E-state index in [0.29, 0.717) is 63.8 Å². The number of amides is 3. The van der Waals surface area contributed by atoms with Gasteiger partial charge in [-0.15, -0.1) is 6.42 Å². The summed E-state index contributed by atoms with van der Waals surface area (Å²) in [5.41, 5.74) is 3.33. The summed E-state index contributed by atoms with van der Waals surface area (Å²) in [7, 11) is -8.25. The van der Waals surface area contributed by atoms with Crippen molar-refractivity contribution in [2.75, 3.05) is 51.3 Å². The molecule has 2 aromatic heterocycles. The highest BCUT2D eigenvalue weighted by atomic mass is 31.2. The second kappa shape index (κ2) is 24.3. The number of aliphatic hydroxyl groups is 2. The first-order valence-electron chi connectivity index (χ1n) is 24.5. The van der Waals surface area contributed by atoms with Crippen LogP contribution < -0.4 is 31.7 Å². The number of nitrogens with zero attached hydrogens (tertiary/aromatic N) is 2. The van der Waals surface area contributed by atoms with Crippen molar-refractivity contribution in [3.63, 3.8) is 0 Å². The van der Waals surface area contributed by atoms with E-state index in [1.807, 2.05) is 0 Å². The van der Waals surface area contributed by atoms with Gasteiger partial charge in [-0.1, -0.05) is 6.92 Å². The molecular weight excluding hydrogens is 1040 g/mol. The number of rotatable bonds is 26. The van der Waals surface area contributed by atoms with Crippen LogP contribution in [-0.2, 0) is 76.5 Å². The number of aryl methyl sites for hydroxylation is 1. The molecule has 0 saturated carbocycles. The van der Waals surface area contributed by atoms with Crippen LogP contribution >= 0.6 is 15.3 Å². The number of carboxylic acid groups (broad SMARTS) is 1. The zero-order valence-corrected chi connectivity index (χ0v) is 44.0. The van der Waals surface area contributed by atoms with Gasteiger partial charge in [-0.2, -0.15) is 0 Å². The number of carbonyl (C=O) groups is 5. The molecule has 0 spiro atoms. The minimum absolute atomic E-state index is 0.0135. The Labute approximate surface area is 436 Å². The predicted molar refractivity (Wildman–Crippen MR) is 272 cm³/mol. The number of anilines is 1. The zero-order valence-electron chi connectivity index (χ0n) is 42.2. The van der Waals surface area contributed by atoms with Crippen molar-refractivity contribution in [1.82, 2.24) is 30.6 Å². The first-order valence-corrected chi connectivity index (χ1v) is 27.7. The standard InChI is InChI=1S/C50H60FN7O16P2/c1-6-50(67)36-23-40-44-34(25-58(40)47(63)35(36)26-71-49(50)66)43-38(16-15-33-28(3)37(51)24-39(55-44)42(33)43)54-41(60)27-74-76(69,56-29(4)45(61)53-30(5)48(64)65)73-19-10-8-9-17-52-46(62)31-11-13-32(14-12-31)57-75(68,7-2)72-22-21-70-20-18-59/h2,11-14,23-24,29-30,38,59,67H,6,8-10,15-22,25-27H2,1,3-5H3,(H,52,62)(H,53,61)(H,54,60)(H,56,69)(H,57,68)(H,64,65)/t29?,30?,38-,50-,75?,76?/m0/s1. The third kappa shape index (κ3) is 12.6. The number of pyridine rings is 2. The largest absolute Gasteiger partial charge is 0.480 e. The monoisotopic (exact) mass is 1100 g/mol. The van der Waals surface area contributed by atoms with Crippen molar-refractivity contribution in [3.8, 4) is 23.5 Å². The molecule has 1 aliphatic carbocycles. The van der Waals surface area contributed by atoms with E-state index in [1.165, 1.54) is 54.8 Å². The molecule has 408 valence electrons. The first kappa shape index (κ1) is 57.3. The second-order valence-electron chi connectivity index (χ2n) is 18.3. The Balaban J connectivity index is 0.998. The minimum atomic E-state index is -4.53. The Morgan fingerprint density at radius 3 is 2.45 bits per heavy atom. The van der Waals surface area contributed by atoms with Gasteiger partial charge in [0.2, 0.25) is 11.8 Å². The number of aliphatic carboxylic acids is 1. The van der Waals surface area contributed by atoms with Gasteiger partial charge >= 0.3 is 27.2 Å². The van der Waals surface area contributed by atoms with Gasteiger partial charge in [0, 0.05) is 46.0 Å². The fraction of sp³-hybridized carbons (Fsp3) is 0.460. The molecule has 4 heterocycles. The van der Waals surface area contributed by atoms with Gasteiger partial charge in [0.15, 0.2) is 5.60 Å². The van der Waals surface area contributed by atoms with Crippen LogP contribution in [0.15, 0.2) is 41.2 Å². The fourth-order valence-corrected chi connectivity index (χ4v) is 11.6. The molecule has 7 rings (SSSR count). The smallest absolute Gasteiger partial charge is 0.406 e. The topological polar surface area (TPSA) is 321 Å². The average molecular weight is 1100 g/mol. The molecule has 23 nitrogen and oxygen atoms in total. The highest BCUT2D eigenvalue weighted by molar-refractivity contribution is 7.65. The van der Waals surface area contributed by atoms with Crippen LogP contribution in [0, 0.1) is 24.8 Å². The molecule has 2 aliphatic heterocycles. The number of unbranched alkanes of at least 4 members (excludes halogenated alkanes) is 2. The number of nitrogens with one attached hydrogen (secondary N) is 5. The van der Waals surface area contributed by atoms with E-state index in [4.69, 9.17) is 39.6 Å². The molecule has 6 atom stereocenters. The lowest BCUT2D eigenvalue weighted by molar-refractivity contribution is -0.172. The lowest BCUT2D eigenvalue weighted by atomic mass is 9.81. The molecule has 4 aromatic rings. The van der Waals surface area contributed by atoms with E-state index in [0.717, 1.165) is 0 Å². The van der Waals surface area contributed by atoms with Crippen LogP contribution in [0.3, 0.4) is 0 Å². The third-order valence-electron chi connectivity index (χ3n) is 13.3. The molecule has 0 radical (unpaired) electrons. The number of aliphatic hydroxyl groups excluding tert-OH is 1. The Morgan fingerprint density at radius 1 is 1.00 bits per heavy atom. The Bertz CT molecular complexity index is 3130. The van der Waals surface area contributed by atoms with Crippen LogP contribution in [-0.4, -0.2) is 113 Å². The Kier molecular flexibility index (Phi) is 18.3. The number of fused-ring (bicyclic) bond motifs is 5. The van der Waals surface area contributed by atoms with Crippen LogP contribution in [0.5, 0.6) is 0 Å². The van der Waals surface area contributed by atoms with Crippen molar-refractivity contribution in [2.45, 2.75) is 103 Å². The quantitative estimate of drug-likeness (QED) is 0.0167. The average Bonchev–Trinajstić information content (AvgIpc) is 3.84. The van der Waals surface area contributed by atoms with Crippen molar-refractivity contribution < 1.29 is 75.9 Å². The number of terminal acetylenes is 1. The van der Waals surface area contributed by atoms with Crippen LogP contribution in [0.2, 0.25) is 0 Å². The number of hydrogen-bond donors (Lipinski definition) is 8. The summed E-state index contributed by atoms with van der Waals surface area (Å²) in [4.78, 5) is 82.9.